The molecule has 2 aromatic carbocycles. The number of carbonyl (C=O) groups is 2. The highest BCUT2D eigenvalue weighted by atomic mass is 16.2. The second kappa shape index (κ2) is 7.07. The smallest absolute Gasteiger partial charge is 0.337 e. The fraction of sp³-hybridized carbons (Fsp3) is 0.300. The second-order valence-corrected chi connectivity index (χ2v) is 7.04. The Labute approximate surface area is 153 Å². The van der Waals surface area contributed by atoms with E-state index in [9.17, 15) is 9.59 Å². The van der Waals surface area contributed by atoms with Crippen molar-refractivity contribution in [3.8, 4) is 0 Å². The minimum absolute atomic E-state index is 0.0466. The van der Waals surface area contributed by atoms with Crippen LogP contribution in [0.3, 0.4) is 0 Å². The molecule has 3 N–H and O–H groups in total. The summed E-state index contributed by atoms with van der Waals surface area (Å²) in [4.78, 5) is 26.3. The molecule has 1 aliphatic heterocycles. The number of para-hydroxylation sites is 2. The summed E-state index contributed by atoms with van der Waals surface area (Å²) in [6.07, 6.45) is 0. The Kier molecular flexibility index (Phi) is 4.84. The minimum Gasteiger partial charge on any atom is -0.358 e. The van der Waals surface area contributed by atoms with Crippen molar-refractivity contribution in [1.29, 1.82) is 0 Å². The maximum absolute atomic E-state index is 12.3. The van der Waals surface area contributed by atoms with Crippen LogP contribution in [-0.4, -0.2) is 24.5 Å². The predicted molar refractivity (Wildman–Crippen MR) is 103 cm³/mol. The molecular formula is C20H24N4O2. The Morgan fingerprint density at radius 1 is 1.00 bits per heavy atom. The molecule has 0 aliphatic carbocycles. The number of fused-ring (bicyclic) bond motifs is 1. The van der Waals surface area contributed by atoms with Gasteiger partial charge < -0.3 is 10.2 Å². The lowest BCUT2D eigenvalue weighted by Gasteiger charge is -2.31. The van der Waals surface area contributed by atoms with Gasteiger partial charge in [-0.2, -0.15) is 0 Å². The number of carbonyl (C=O) groups excluding carboxylic acids is 2. The largest absolute Gasteiger partial charge is 0.358 e. The number of nitrogens with zero attached hydrogens (tertiary/aromatic N) is 1. The van der Waals surface area contributed by atoms with Crippen LogP contribution < -0.4 is 21.1 Å². The molecule has 136 valence electrons. The number of hydrazine groups is 1. The summed E-state index contributed by atoms with van der Waals surface area (Å²) in [6, 6.07) is 16.9. The number of rotatable bonds is 3. The summed E-state index contributed by atoms with van der Waals surface area (Å²) in [5.41, 5.74) is 7.76. The van der Waals surface area contributed by atoms with E-state index in [2.05, 4.69) is 47.9 Å². The van der Waals surface area contributed by atoms with Gasteiger partial charge in [0, 0.05) is 22.8 Å². The highest BCUT2D eigenvalue weighted by molar-refractivity contribution is 5.91. The average Bonchev–Trinajstić information content (AvgIpc) is 2.82. The number of benzene rings is 2. The van der Waals surface area contributed by atoms with E-state index in [0.29, 0.717) is 5.69 Å². The molecule has 0 fully saturated rings. The zero-order valence-electron chi connectivity index (χ0n) is 15.2. The first-order valence-electron chi connectivity index (χ1n) is 8.66. The minimum atomic E-state index is -0.486. The first-order valence-corrected chi connectivity index (χ1v) is 8.66. The normalized spacial score (nSPS) is 17.3. The molecule has 26 heavy (non-hydrogen) atoms. The van der Waals surface area contributed by atoms with Gasteiger partial charge in [0.15, 0.2) is 0 Å². The van der Waals surface area contributed by atoms with E-state index in [0.717, 1.165) is 5.69 Å². The Morgan fingerprint density at radius 2 is 1.65 bits per heavy atom. The summed E-state index contributed by atoms with van der Waals surface area (Å²) in [7, 11) is 0. The van der Waals surface area contributed by atoms with Gasteiger partial charge in [0.2, 0.25) is 0 Å². The van der Waals surface area contributed by atoms with Gasteiger partial charge >= 0.3 is 6.03 Å². The van der Waals surface area contributed by atoms with Gasteiger partial charge in [-0.25, -0.2) is 10.2 Å². The van der Waals surface area contributed by atoms with Crippen molar-refractivity contribution >= 4 is 23.3 Å². The van der Waals surface area contributed by atoms with Crippen LogP contribution >= 0.6 is 0 Å². The van der Waals surface area contributed by atoms with Crippen LogP contribution in [0, 0.1) is 0 Å². The first-order chi connectivity index (χ1) is 12.4. The third-order valence-electron chi connectivity index (χ3n) is 5.08. The third kappa shape index (κ3) is 3.49. The summed E-state index contributed by atoms with van der Waals surface area (Å²) in [5, 5.41) is 2.65. The molecule has 2 aromatic rings. The Balaban J connectivity index is 1.58. The lowest BCUT2D eigenvalue weighted by atomic mass is 9.81. The molecule has 0 spiro atoms. The lowest BCUT2D eigenvalue weighted by molar-refractivity contribution is -0.120. The van der Waals surface area contributed by atoms with Gasteiger partial charge in [-0.05, 0) is 30.7 Å². The quantitative estimate of drug-likeness (QED) is 0.744. The summed E-state index contributed by atoms with van der Waals surface area (Å²) >= 11 is 0. The SMILES string of the molecule is CC1N(CC(=O)NNC(=O)Nc2ccccc2)c2ccccc2C1(C)C. The van der Waals surface area contributed by atoms with Crippen molar-refractivity contribution in [2.75, 3.05) is 16.8 Å². The van der Waals surface area contributed by atoms with Crippen molar-refractivity contribution in [3.63, 3.8) is 0 Å². The van der Waals surface area contributed by atoms with Crippen LogP contribution in [0.1, 0.15) is 26.3 Å². The van der Waals surface area contributed by atoms with Crippen molar-refractivity contribution in [1.82, 2.24) is 10.9 Å². The van der Waals surface area contributed by atoms with E-state index >= 15 is 0 Å². The van der Waals surface area contributed by atoms with Crippen molar-refractivity contribution in [3.05, 3.63) is 60.2 Å². The maximum Gasteiger partial charge on any atom is 0.337 e. The maximum atomic E-state index is 12.3. The van der Waals surface area contributed by atoms with Crippen LogP contribution in [0.5, 0.6) is 0 Å². The van der Waals surface area contributed by atoms with E-state index in [1.165, 1.54) is 5.56 Å². The Bertz CT molecular complexity index is 804. The van der Waals surface area contributed by atoms with Gasteiger partial charge in [-0.15, -0.1) is 0 Å². The fourth-order valence-electron chi connectivity index (χ4n) is 3.32. The van der Waals surface area contributed by atoms with E-state index in [-0.39, 0.29) is 23.9 Å². The molecule has 0 bridgehead atoms. The van der Waals surface area contributed by atoms with Gasteiger partial charge in [-0.1, -0.05) is 50.2 Å². The van der Waals surface area contributed by atoms with Crippen molar-refractivity contribution < 1.29 is 9.59 Å². The molecule has 6 nitrogen and oxygen atoms in total. The summed E-state index contributed by atoms with van der Waals surface area (Å²) in [5.74, 6) is -0.271. The number of urea groups is 1. The molecule has 3 rings (SSSR count). The first kappa shape index (κ1) is 17.8. The van der Waals surface area contributed by atoms with Crippen LogP contribution in [0.25, 0.3) is 0 Å². The van der Waals surface area contributed by atoms with E-state index in [1.807, 2.05) is 36.4 Å². The summed E-state index contributed by atoms with van der Waals surface area (Å²) in [6.45, 7) is 6.65. The number of hydrogen-bond donors (Lipinski definition) is 3. The van der Waals surface area contributed by atoms with Crippen LogP contribution in [0.4, 0.5) is 16.2 Å². The van der Waals surface area contributed by atoms with Crippen molar-refractivity contribution in [2.45, 2.75) is 32.2 Å². The van der Waals surface area contributed by atoms with Gasteiger partial charge in [-0.3, -0.25) is 10.2 Å². The predicted octanol–water partition coefficient (Wildman–Crippen LogP) is 3.03. The zero-order chi connectivity index (χ0) is 18.7. The molecule has 0 aromatic heterocycles. The molecule has 3 amide bonds. The topological polar surface area (TPSA) is 73.5 Å². The molecule has 0 saturated heterocycles. The van der Waals surface area contributed by atoms with E-state index in [4.69, 9.17) is 0 Å². The van der Waals surface area contributed by atoms with Crippen LogP contribution in [0.2, 0.25) is 0 Å². The Hall–Kier alpha value is -3.02. The number of nitrogens with one attached hydrogen (secondary N) is 3. The second-order valence-electron chi connectivity index (χ2n) is 7.04. The van der Waals surface area contributed by atoms with E-state index in [1.54, 1.807) is 12.1 Å². The molecule has 1 heterocycles. The molecule has 1 atom stereocenters. The highest BCUT2D eigenvalue weighted by Gasteiger charge is 2.42. The van der Waals surface area contributed by atoms with Gasteiger partial charge in [0.1, 0.15) is 0 Å². The molecule has 1 aliphatic rings. The zero-order valence-corrected chi connectivity index (χ0v) is 15.2. The monoisotopic (exact) mass is 352 g/mol. The molecule has 0 radical (unpaired) electrons. The van der Waals surface area contributed by atoms with Crippen molar-refractivity contribution in [2.24, 2.45) is 0 Å². The molecule has 1 unspecified atom stereocenters. The van der Waals surface area contributed by atoms with Gasteiger partial charge in [0.25, 0.3) is 5.91 Å². The molecule has 6 heteroatoms. The molecular weight excluding hydrogens is 328 g/mol. The van der Waals surface area contributed by atoms with Crippen LogP contribution in [-0.2, 0) is 10.2 Å². The average molecular weight is 352 g/mol. The number of anilines is 2. The molecule has 0 saturated carbocycles. The number of hydrogen-bond acceptors (Lipinski definition) is 3. The lowest BCUT2D eigenvalue weighted by Crippen LogP contribution is -2.50. The van der Waals surface area contributed by atoms with Gasteiger partial charge in [0.05, 0.1) is 6.54 Å². The number of amides is 3. The third-order valence-corrected chi connectivity index (χ3v) is 5.08. The van der Waals surface area contributed by atoms with E-state index < -0.39 is 6.03 Å². The Morgan fingerprint density at radius 3 is 2.38 bits per heavy atom. The highest BCUT2D eigenvalue weighted by Crippen LogP contribution is 2.44. The summed E-state index contributed by atoms with van der Waals surface area (Å²) < 4.78 is 0. The van der Waals surface area contributed by atoms with Crippen LogP contribution in [0.15, 0.2) is 54.6 Å². The fourth-order valence-corrected chi connectivity index (χ4v) is 3.32. The standard InChI is InChI=1S/C20H24N4O2/c1-14-20(2,3)16-11-7-8-12-17(16)24(14)13-18(25)22-23-19(26)21-15-9-5-4-6-10-15/h4-12,14H,13H2,1-3H3,(H,22,25)(H2,21,23,26).